The van der Waals surface area contributed by atoms with Gasteiger partial charge in [0.25, 0.3) is 5.91 Å². The molecule has 2 fully saturated rings. The number of aromatic nitrogens is 3. The monoisotopic (exact) mass is 606 g/mol. The summed E-state index contributed by atoms with van der Waals surface area (Å²) in [4.78, 5) is 60.8. The van der Waals surface area contributed by atoms with Crippen LogP contribution in [0, 0.1) is 12.8 Å². The average molecular weight is 607 g/mol. The summed E-state index contributed by atoms with van der Waals surface area (Å²) in [6.45, 7) is 4.86. The number of carbonyl (C=O) groups is 3. The van der Waals surface area contributed by atoms with Gasteiger partial charge in [-0.25, -0.2) is 19.6 Å². The van der Waals surface area contributed by atoms with Crippen LogP contribution in [0.3, 0.4) is 0 Å². The van der Waals surface area contributed by atoms with Crippen LogP contribution >= 0.6 is 0 Å². The molecule has 4 aromatic rings. The van der Waals surface area contributed by atoms with Gasteiger partial charge >= 0.3 is 12.0 Å². The Morgan fingerprint density at radius 2 is 1.71 bits per heavy atom. The van der Waals surface area contributed by atoms with E-state index >= 15 is 0 Å². The highest BCUT2D eigenvalue weighted by Gasteiger charge is 2.66. The van der Waals surface area contributed by atoms with Crippen LogP contribution in [0.15, 0.2) is 85.2 Å². The molecule has 45 heavy (non-hydrogen) atoms. The van der Waals surface area contributed by atoms with Gasteiger partial charge in [0, 0.05) is 38.1 Å². The lowest BCUT2D eigenvalue weighted by atomic mass is 9.76. The molecule has 2 saturated heterocycles. The molecule has 4 heterocycles. The summed E-state index contributed by atoms with van der Waals surface area (Å²) >= 11 is 0. The molecule has 2 unspecified atom stereocenters. The highest BCUT2D eigenvalue weighted by molar-refractivity contribution is 6.31. The number of anilines is 2. The van der Waals surface area contributed by atoms with Crippen LogP contribution in [0.1, 0.15) is 24.6 Å². The van der Waals surface area contributed by atoms with Crippen molar-refractivity contribution < 1.29 is 23.9 Å². The van der Waals surface area contributed by atoms with Crippen LogP contribution in [0.2, 0.25) is 0 Å². The zero-order valence-electron chi connectivity index (χ0n) is 25.4. The van der Waals surface area contributed by atoms with Crippen LogP contribution in [0.4, 0.5) is 16.4 Å². The second-order valence-corrected chi connectivity index (χ2v) is 11.1. The van der Waals surface area contributed by atoms with E-state index in [0.717, 1.165) is 27.3 Å². The lowest BCUT2D eigenvalue weighted by Gasteiger charge is -2.45. The minimum atomic E-state index is -1.64. The van der Waals surface area contributed by atoms with Gasteiger partial charge in [-0.3, -0.25) is 19.5 Å². The van der Waals surface area contributed by atoms with Crippen LogP contribution in [0.5, 0.6) is 5.88 Å². The first-order valence-corrected chi connectivity index (χ1v) is 14.9. The van der Waals surface area contributed by atoms with Crippen molar-refractivity contribution >= 4 is 29.5 Å². The molecule has 3 amide bonds. The molecule has 0 radical (unpaired) electrons. The molecule has 6 rings (SSSR count). The minimum absolute atomic E-state index is 0.0283. The minimum Gasteiger partial charge on any atom is -0.481 e. The number of amides is 3. The Balaban J connectivity index is 1.43. The van der Waals surface area contributed by atoms with Gasteiger partial charge in [0.1, 0.15) is 11.5 Å². The number of benzene rings is 2. The number of aryl methyl sites for hydroxylation is 1. The number of methoxy groups -OCH3 is 1. The van der Waals surface area contributed by atoms with E-state index < -0.39 is 29.4 Å². The van der Waals surface area contributed by atoms with Gasteiger partial charge in [-0.2, -0.15) is 4.98 Å². The quantitative estimate of drug-likeness (QED) is 0.209. The molecule has 0 saturated carbocycles. The molecule has 2 aliphatic heterocycles. The third-order valence-electron chi connectivity index (χ3n) is 8.50. The number of likely N-dealkylation sites (tertiary alicyclic amines) is 1. The van der Waals surface area contributed by atoms with Crippen molar-refractivity contribution in [1.82, 2.24) is 19.9 Å². The summed E-state index contributed by atoms with van der Waals surface area (Å²) in [6.07, 6.45) is 3.34. The van der Waals surface area contributed by atoms with Crippen molar-refractivity contribution in [3.05, 3.63) is 96.4 Å². The Kier molecular flexibility index (Phi) is 8.27. The molecule has 2 aliphatic rings. The lowest BCUT2D eigenvalue weighted by Crippen LogP contribution is -2.65. The summed E-state index contributed by atoms with van der Waals surface area (Å²) in [5.41, 5.74) is 2.58. The summed E-state index contributed by atoms with van der Waals surface area (Å²) < 4.78 is 10.9. The number of carbonyl (C=O) groups excluding carboxylic acids is 3. The molecule has 11 heteroatoms. The second kappa shape index (κ2) is 12.4. The topological polar surface area (TPSA) is 118 Å². The number of piperidine rings is 1. The van der Waals surface area contributed by atoms with Crippen LogP contribution in [-0.4, -0.2) is 70.1 Å². The number of pyridine rings is 1. The van der Waals surface area contributed by atoms with Gasteiger partial charge in [-0.05, 0) is 55.2 Å². The van der Waals surface area contributed by atoms with E-state index in [1.807, 2.05) is 61.5 Å². The Morgan fingerprint density at radius 3 is 2.42 bits per heavy atom. The highest BCUT2D eigenvalue weighted by Crippen LogP contribution is 2.45. The summed E-state index contributed by atoms with van der Waals surface area (Å²) in [7, 11) is 1.46. The largest absolute Gasteiger partial charge is 0.481 e. The molecule has 1 spiro atoms. The van der Waals surface area contributed by atoms with Crippen molar-refractivity contribution in [3.8, 4) is 17.0 Å². The first-order chi connectivity index (χ1) is 21.9. The average Bonchev–Trinajstić information content (AvgIpc) is 3.28. The van der Waals surface area contributed by atoms with Crippen molar-refractivity contribution in [1.29, 1.82) is 0 Å². The SMILES string of the molecule is CCOC(=O)C1CN(Cc2ncccc2C)CCC12C(=O)N(c1ccc(-c3ccccc3)cc1)C(=O)N2c1nccc(OC)n1. The maximum atomic E-state index is 14.8. The number of urea groups is 1. The van der Waals surface area contributed by atoms with Crippen LogP contribution < -0.4 is 14.5 Å². The summed E-state index contributed by atoms with van der Waals surface area (Å²) in [5, 5.41) is 0. The van der Waals surface area contributed by atoms with Crippen LogP contribution in [-0.2, 0) is 20.9 Å². The molecule has 2 atom stereocenters. The molecule has 2 aromatic heterocycles. The second-order valence-electron chi connectivity index (χ2n) is 11.1. The molecule has 0 N–H and O–H groups in total. The number of ether oxygens (including phenoxy) is 2. The number of nitrogens with zero attached hydrogens (tertiary/aromatic N) is 6. The van der Waals surface area contributed by atoms with Gasteiger partial charge in [0.05, 0.1) is 25.1 Å². The summed E-state index contributed by atoms with van der Waals surface area (Å²) in [6, 6.07) is 21.8. The van der Waals surface area contributed by atoms with Gasteiger partial charge in [-0.15, -0.1) is 0 Å². The molecule has 0 aliphatic carbocycles. The van der Waals surface area contributed by atoms with Crippen molar-refractivity contribution in [2.75, 3.05) is 36.6 Å². The third kappa shape index (κ3) is 5.40. The van der Waals surface area contributed by atoms with Gasteiger partial charge < -0.3 is 9.47 Å². The molecular weight excluding hydrogens is 572 g/mol. The van der Waals surface area contributed by atoms with E-state index in [-0.39, 0.29) is 31.4 Å². The van der Waals surface area contributed by atoms with Gasteiger partial charge in [-0.1, -0.05) is 48.5 Å². The number of hydrogen-bond acceptors (Lipinski definition) is 9. The predicted molar refractivity (Wildman–Crippen MR) is 168 cm³/mol. The number of hydrogen-bond donors (Lipinski definition) is 0. The Hall–Kier alpha value is -5.16. The molecule has 230 valence electrons. The van der Waals surface area contributed by atoms with E-state index in [0.29, 0.717) is 18.8 Å². The van der Waals surface area contributed by atoms with Crippen molar-refractivity contribution in [2.24, 2.45) is 5.92 Å². The fourth-order valence-corrected chi connectivity index (χ4v) is 6.20. The third-order valence-corrected chi connectivity index (χ3v) is 8.50. The van der Waals surface area contributed by atoms with Gasteiger partial charge in [0.15, 0.2) is 0 Å². The Labute approximate surface area is 261 Å². The Bertz CT molecular complexity index is 1720. The predicted octanol–water partition coefficient (Wildman–Crippen LogP) is 4.65. The number of esters is 1. The van der Waals surface area contributed by atoms with Crippen molar-refractivity contribution in [2.45, 2.75) is 32.4 Å². The molecule has 2 aromatic carbocycles. The normalized spacial score (nSPS) is 20.1. The number of rotatable bonds is 8. The molecular formula is C34H34N6O5. The lowest BCUT2D eigenvalue weighted by molar-refractivity contribution is -0.155. The maximum absolute atomic E-state index is 14.8. The zero-order valence-corrected chi connectivity index (χ0v) is 25.4. The van der Waals surface area contributed by atoms with E-state index in [2.05, 4.69) is 19.9 Å². The first-order valence-electron chi connectivity index (χ1n) is 14.9. The Morgan fingerprint density at radius 1 is 0.956 bits per heavy atom. The molecule has 11 nitrogen and oxygen atoms in total. The smallest absolute Gasteiger partial charge is 0.339 e. The first kappa shape index (κ1) is 29.9. The highest BCUT2D eigenvalue weighted by atomic mass is 16.5. The van der Waals surface area contributed by atoms with E-state index in [9.17, 15) is 14.4 Å². The van der Waals surface area contributed by atoms with E-state index in [1.54, 1.807) is 31.3 Å². The van der Waals surface area contributed by atoms with Crippen molar-refractivity contribution in [3.63, 3.8) is 0 Å². The number of imide groups is 1. The van der Waals surface area contributed by atoms with E-state index in [4.69, 9.17) is 9.47 Å². The van der Waals surface area contributed by atoms with Gasteiger partial charge in [0.2, 0.25) is 11.8 Å². The maximum Gasteiger partial charge on any atom is 0.339 e. The van der Waals surface area contributed by atoms with Crippen LogP contribution in [0.25, 0.3) is 11.1 Å². The fraction of sp³-hybridized carbons (Fsp3) is 0.294. The fourth-order valence-electron chi connectivity index (χ4n) is 6.20. The summed E-state index contributed by atoms with van der Waals surface area (Å²) in [5.74, 6) is -1.94. The molecule has 0 bridgehead atoms. The van der Waals surface area contributed by atoms with E-state index in [1.165, 1.54) is 18.2 Å². The standard InChI is InChI=1S/C34H34N6O5/c1-4-45-30(41)27-21-38(22-28-23(2)9-8-18-35-28)20-17-34(27)31(42)39(33(43)40(34)32-36-19-16-29(37-32)44-3)26-14-12-25(13-15-26)24-10-6-5-7-11-24/h5-16,18-19,27H,4,17,20-22H2,1-3H3. The zero-order chi connectivity index (χ0) is 31.6.